The standard InChI is InChI=1S/C51H44O12/c1-33(61-49(55)40-10-6-4-7-11-40)30-58-46(52)42-22-14-36(15-23-42)37-16-24-43(25-17-37)48(54)60-32-35(3)63-51(57)45-28-20-39(21-29-45)38-18-26-44(27-19-38)47(53)59-31-34(2)62-50(56)41-12-8-5-9-13-41/h4-29,33-35H,30-32H2,1-3H3. The molecule has 320 valence electrons. The van der Waals surface area contributed by atoms with Crippen molar-refractivity contribution in [1.29, 1.82) is 0 Å². The molecule has 0 aromatic heterocycles. The molecule has 3 unspecified atom stereocenters. The maximum atomic E-state index is 12.9. The number of benzene rings is 6. The highest BCUT2D eigenvalue weighted by molar-refractivity contribution is 5.93. The number of rotatable bonds is 17. The quantitative estimate of drug-likeness (QED) is 0.0634. The Labute approximate surface area is 364 Å². The number of hydrogen-bond acceptors (Lipinski definition) is 12. The van der Waals surface area contributed by atoms with E-state index in [1.165, 1.54) is 0 Å². The molecule has 0 aliphatic carbocycles. The summed E-state index contributed by atoms with van der Waals surface area (Å²) in [6.07, 6.45) is -2.01. The maximum absolute atomic E-state index is 12.9. The lowest BCUT2D eigenvalue weighted by Gasteiger charge is -2.14. The van der Waals surface area contributed by atoms with Gasteiger partial charge in [-0.3, -0.25) is 0 Å². The number of carbonyl (C=O) groups is 6. The third-order valence-corrected chi connectivity index (χ3v) is 9.44. The van der Waals surface area contributed by atoms with Crippen LogP contribution in [0.4, 0.5) is 0 Å². The van der Waals surface area contributed by atoms with E-state index >= 15 is 0 Å². The summed E-state index contributed by atoms with van der Waals surface area (Å²) in [5, 5.41) is 0. The average Bonchev–Trinajstić information content (AvgIpc) is 3.32. The van der Waals surface area contributed by atoms with Crippen LogP contribution in [-0.4, -0.2) is 73.9 Å². The van der Waals surface area contributed by atoms with Crippen LogP contribution in [0.5, 0.6) is 0 Å². The van der Waals surface area contributed by atoms with E-state index in [9.17, 15) is 28.8 Å². The van der Waals surface area contributed by atoms with E-state index in [0.29, 0.717) is 33.4 Å². The van der Waals surface area contributed by atoms with Crippen LogP contribution in [0.1, 0.15) is 82.9 Å². The Morgan fingerprint density at radius 2 is 0.508 bits per heavy atom. The van der Waals surface area contributed by atoms with Gasteiger partial charge in [-0.25, -0.2) is 28.8 Å². The van der Waals surface area contributed by atoms with Gasteiger partial charge in [0.25, 0.3) is 0 Å². The second-order valence-corrected chi connectivity index (χ2v) is 14.5. The predicted molar refractivity (Wildman–Crippen MR) is 232 cm³/mol. The number of hydrogen-bond donors (Lipinski definition) is 0. The zero-order chi connectivity index (χ0) is 44.7. The molecule has 12 heteroatoms. The monoisotopic (exact) mass is 848 g/mol. The fourth-order valence-electron chi connectivity index (χ4n) is 6.03. The Bertz CT molecular complexity index is 2500. The summed E-state index contributed by atoms with van der Waals surface area (Å²) in [6.45, 7) is 4.53. The van der Waals surface area contributed by atoms with Gasteiger partial charge in [-0.2, -0.15) is 0 Å². The second kappa shape index (κ2) is 21.6. The van der Waals surface area contributed by atoms with Gasteiger partial charge in [0.05, 0.1) is 33.4 Å². The van der Waals surface area contributed by atoms with E-state index in [4.69, 9.17) is 28.4 Å². The maximum Gasteiger partial charge on any atom is 0.338 e. The van der Waals surface area contributed by atoms with Gasteiger partial charge in [0.1, 0.15) is 38.1 Å². The lowest BCUT2D eigenvalue weighted by molar-refractivity contribution is 0.00443. The van der Waals surface area contributed by atoms with Gasteiger partial charge < -0.3 is 28.4 Å². The third kappa shape index (κ3) is 12.8. The summed E-state index contributed by atoms with van der Waals surface area (Å²) >= 11 is 0. The Hall–Kier alpha value is -7.86. The first-order valence-electron chi connectivity index (χ1n) is 20.1. The third-order valence-electron chi connectivity index (χ3n) is 9.44. The molecular weight excluding hydrogens is 805 g/mol. The Kier molecular flexibility index (Phi) is 15.3. The minimum absolute atomic E-state index is 0.103. The first-order valence-corrected chi connectivity index (χ1v) is 20.1. The molecule has 6 aromatic carbocycles. The highest BCUT2D eigenvalue weighted by Crippen LogP contribution is 2.23. The van der Waals surface area contributed by atoms with Gasteiger partial charge >= 0.3 is 35.8 Å². The minimum atomic E-state index is -0.732. The first-order chi connectivity index (χ1) is 30.4. The van der Waals surface area contributed by atoms with Crippen LogP contribution < -0.4 is 0 Å². The number of ether oxygens (including phenoxy) is 6. The van der Waals surface area contributed by atoms with Crippen LogP contribution in [0.15, 0.2) is 158 Å². The lowest BCUT2D eigenvalue weighted by atomic mass is 10.0. The fraction of sp³-hybridized carbons (Fsp3) is 0.176. The molecule has 0 aliphatic rings. The van der Waals surface area contributed by atoms with Crippen LogP contribution in [0.3, 0.4) is 0 Å². The van der Waals surface area contributed by atoms with Crippen LogP contribution in [-0.2, 0) is 28.4 Å². The summed E-state index contributed by atoms with van der Waals surface area (Å²) in [5.41, 5.74) is 5.26. The van der Waals surface area contributed by atoms with Gasteiger partial charge in [-0.15, -0.1) is 0 Å². The van der Waals surface area contributed by atoms with E-state index in [1.54, 1.807) is 178 Å². The predicted octanol–water partition coefficient (Wildman–Crippen LogP) is 9.23. The molecule has 0 spiro atoms. The molecule has 3 atom stereocenters. The zero-order valence-electron chi connectivity index (χ0n) is 34.8. The Balaban J connectivity index is 0.902. The van der Waals surface area contributed by atoms with E-state index in [1.807, 2.05) is 0 Å². The van der Waals surface area contributed by atoms with Gasteiger partial charge in [0, 0.05) is 0 Å². The molecule has 0 amide bonds. The van der Waals surface area contributed by atoms with E-state index < -0.39 is 54.1 Å². The van der Waals surface area contributed by atoms with Crippen molar-refractivity contribution in [1.82, 2.24) is 0 Å². The van der Waals surface area contributed by atoms with E-state index in [0.717, 1.165) is 22.3 Å². The Morgan fingerprint density at radius 3 is 0.746 bits per heavy atom. The molecule has 0 N–H and O–H groups in total. The number of esters is 6. The lowest BCUT2D eigenvalue weighted by Crippen LogP contribution is -2.22. The molecule has 0 bridgehead atoms. The van der Waals surface area contributed by atoms with Gasteiger partial charge in [-0.05, 0) is 116 Å². The second-order valence-electron chi connectivity index (χ2n) is 14.5. The minimum Gasteiger partial charge on any atom is -0.458 e. The topological polar surface area (TPSA) is 158 Å². The molecule has 6 aromatic rings. The van der Waals surface area contributed by atoms with E-state index in [-0.39, 0.29) is 19.8 Å². The molecule has 63 heavy (non-hydrogen) atoms. The smallest absolute Gasteiger partial charge is 0.338 e. The first kappa shape index (κ1) is 44.7. The van der Waals surface area contributed by atoms with Gasteiger partial charge in [0.2, 0.25) is 0 Å². The van der Waals surface area contributed by atoms with Crippen molar-refractivity contribution in [2.75, 3.05) is 19.8 Å². The molecule has 12 nitrogen and oxygen atoms in total. The normalized spacial score (nSPS) is 12.1. The van der Waals surface area contributed by atoms with Crippen molar-refractivity contribution in [3.63, 3.8) is 0 Å². The van der Waals surface area contributed by atoms with Crippen molar-refractivity contribution in [3.8, 4) is 22.3 Å². The molecule has 0 aliphatic heterocycles. The van der Waals surface area contributed by atoms with Crippen LogP contribution in [0.2, 0.25) is 0 Å². The van der Waals surface area contributed by atoms with Gasteiger partial charge in [-0.1, -0.05) is 84.9 Å². The summed E-state index contributed by atoms with van der Waals surface area (Å²) in [4.78, 5) is 75.3. The van der Waals surface area contributed by atoms with Crippen molar-refractivity contribution in [2.24, 2.45) is 0 Å². The average molecular weight is 849 g/mol. The summed E-state index contributed by atoms with van der Waals surface area (Å²) in [6, 6.07) is 44.1. The van der Waals surface area contributed by atoms with Crippen molar-refractivity contribution < 1.29 is 57.2 Å². The van der Waals surface area contributed by atoms with Crippen LogP contribution in [0, 0.1) is 0 Å². The van der Waals surface area contributed by atoms with Crippen LogP contribution >= 0.6 is 0 Å². The zero-order valence-corrected chi connectivity index (χ0v) is 34.8. The summed E-state index contributed by atoms with van der Waals surface area (Å²) in [7, 11) is 0. The van der Waals surface area contributed by atoms with Gasteiger partial charge in [0.15, 0.2) is 0 Å². The van der Waals surface area contributed by atoms with Crippen molar-refractivity contribution in [2.45, 2.75) is 39.1 Å². The summed E-state index contributed by atoms with van der Waals surface area (Å²) < 4.78 is 32.3. The molecule has 0 saturated heterocycles. The molecular formula is C51H44O12. The van der Waals surface area contributed by atoms with Crippen molar-refractivity contribution >= 4 is 35.8 Å². The van der Waals surface area contributed by atoms with Crippen molar-refractivity contribution in [3.05, 3.63) is 191 Å². The molecule has 0 heterocycles. The largest absolute Gasteiger partial charge is 0.458 e. The molecule has 0 saturated carbocycles. The molecule has 0 radical (unpaired) electrons. The summed E-state index contributed by atoms with van der Waals surface area (Å²) in [5.74, 6) is -3.30. The fourth-order valence-corrected chi connectivity index (χ4v) is 6.03. The molecule has 0 fully saturated rings. The highest BCUT2D eigenvalue weighted by atomic mass is 16.6. The molecule has 6 rings (SSSR count). The Morgan fingerprint density at radius 1 is 0.302 bits per heavy atom. The van der Waals surface area contributed by atoms with E-state index in [2.05, 4.69) is 0 Å². The van der Waals surface area contributed by atoms with Crippen LogP contribution in [0.25, 0.3) is 22.3 Å². The highest BCUT2D eigenvalue weighted by Gasteiger charge is 2.19. The SMILES string of the molecule is CC(COC(=O)c1ccc(-c2ccc(C(=O)OCC(C)OC(=O)c3ccc(-c4ccc(C(=O)OCC(C)OC(=O)c5ccccc5)cc4)cc3)cc2)cc1)OC(=O)c1ccccc1. The number of carbonyl (C=O) groups excluding carboxylic acids is 6.